The van der Waals surface area contributed by atoms with Crippen molar-refractivity contribution in [2.75, 3.05) is 7.05 Å². The van der Waals surface area contributed by atoms with Gasteiger partial charge >= 0.3 is 0 Å². The number of aryl methyl sites for hydroxylation is 1. The van der Waals surface area contributed by atoms with Gasteiger partial charge in [-0.1, -0.05) is 18.2 Å². The Morgan fingerprint density at radius 1 is 1.24 bits per heavy atom. The Morgan fingerprint density at radius 3 is 2.73 bits per heavy atom. The summed E-state index contributed by atoms with van der Waals surface area (Å²) in [5.41, 5.74) is 1.06. The van der Waals surface area contributed by atoms with Crippen LogP contribution in [0.25, 0.3) is 0 Å². The summed E-state index contributed by atoms with van der Waals surface area (Å²) in [4.78, 5) is 46.4. The third-order valence-corrected chi connectivity index (χ3v) is 5.89. The average molecular weight is 449 g/mol. The van der Waals surface area contributed by atoms with Gasteiger partial charge in [-0.25, -0.2) is 4.39 Å². The smallest absolute Gasteiger partial charge is 0.241 e. The van der Waals surface area contributed by atoms with Gasteiger partial charge in [-0.3, -0.25) is 29.4 Å². The van der Waals surface area contributed by atoms with Crippen LogP contribution < -0.4 is 0 Å². The van der Waals surface area contributed by atoms with Crippen LogP contribution in [0.1, 0.15) is 35.4 Å². The quantitative estimate of drug-likeness (QED) is 0.559. The highest BCUT2D eigenvalue weighted by Crippen LogP contribution is 2.41. The number of imide groups is 1. The average Bonchev–Trinajstić information content (AvgIpc) is 3.30. The van der Waals surface area contributed by atoms with E-state index in [0.29, 0.717) is 16.8 Å². The summed E-state index contributed by atoms with van der Waals surface area (Å²) in [6, 6.07) is 10.9. The van der Waals surface area contributed by atoms with Crippen molar-refractivity contribution in [3.63, 3.8) is 0 Å². The lowest BCUT2D eigenvalue weighted by Crippen LogP contribution is -2.42. The van der Waals surface area contributed by atoms with E-state index in [0.717, 1.165) is 10.6 Å². The van der Waals surface area contributed by atoms with Crippen LogP contribution in [0.15, 0.2) is 54.9 Å². The Hall–Kier alpha value is -3.88. The van der Waals surface area contributed by atoms with Crippen molar-refractivity contribution in [2.24, 2.45) is 0 Å². The molecule has 1 aliphatic rings. The maximum atomic E-state index is 14.1. The molecule has 1 saturated heterocycles. The summed E-state index contributed by atoms with van der Waals surface area (Å²) in [6.45, 7) is 2.14. The van der Waals surface area contributed by atoms with Gasteiger partial charge in [0.2, 0.25) is 17.7 Å². The number of benzene rings is 1. The number of amides is 3. The number of hydrogen-bond acceptors (Lipinski definition) is 5. The van der Waals surface area contributed by atoms with Crippen LogP contribution in [0.5, 0.6) is 0 Å². The molecular formula is C24H24FN5O3. The zero-order valence-electron chi connectivity index (χ0n) is 18.4. The number of halogens is 1. The predicted molar refractivity (Wildman–Crippen MR) is 117 cm³/mol. The molecule has 1 aromatic carbocycles. The lowest BCUT2D eigenvalue weighted by atomic mass is 9.75. The first-order valence-electron chi connectivity index (χ1n) is 10.5. The van der Waals surface area contributed by atoms with Crippen LogP contribution >= 0.6 is 0 Å². The van der Waals surface area contributed by atoms with Gasteiger partial charge in [0.25, 0.3) is 0 Å². The molecular weight excluding hydrogens is 425 g/mol. The minimum atomic E-state index is -1.48. The second-order valence-corrected chi connectivity index (χ2v) is 8.38. The third-order valence-electron chi connectivity index (χ3n) is 5.89. The minimum Gasteiger partial charge on any atom is -0.340 e. The highest BCUT2D eigenvalue weighted by atomic mass is 19.1. The van der Waals surface area contributed by atoms with Gasteiger partial charge in [0, 0.05) is 38.0 Å². The van der Waals surface area contributed by atoms with Crippen molar-refractivity contribution >= 4 is 17.7 Å². The van der Waals surface area contributed by atoms with E-state index in [9.17, 15) is 18.8 Å². The Kier molecular flexibility index (Phi) is 6.04. The summed E-state index contributed by atoms with van der Waals surface area (Å²) >= 11 is 0. The molecule has 3 amide bonds. The molecule has 3 aromatic rings. The SMILES string of the molecule is Cc1cc(CN(C)C(=O)C[C@@]2(c3cccc(F)c3)CC(=O)N(Cc3cccnc3)C2=O)n[nH]1. The minimum absolute atomic E-state index is 0.0408. The van der Waals surface area contributed by atoms with Crippen LogP contribution in [0.2, 0.25) is 0 Å². The van der Waals surface area contributed by atoms with Crippen molar-refractivity contribution in [1.82, 2.24) is 25.0 Å². The van der Waals surface area contributed by atoms with Crippen molar-refractivity contribution in [3.8, 4) is 0 Å². The lowest BCUT2D eigenvalue weighted by Gasteiger charge is -2.29. The zero-order valence-corrected chi connectivity index (χ0v) is 18.4. The largest absolute Gasteiger partial charge is 0.340 e. The molecule has 1 N–H and O–H groups in total. The Bertz CT molecular complexity index is 1200. The molecule has 8 nitrogen and oxygen atoms in total. The highest BCUT2D eigenvalue weighted by Gasteiger charge is 2.54. The number of rotatable bonds is 7. The van der Waals surface area contributed by atoms with Gasteiger partial charge in [0.05, 0.1) is 24.2 Å². The molecule has 3 heterocycles. The highest BCUT2D eigenvalue weighted by molar-refractivity contribution is 6.10. The van der Waals surface area contributed by atoms with E-state index in [4.69, 9.17) is 0 Å². The van der Waals surface area contributed by atoms with Gasteiger partial charge in [-0.2, -0.15) is 5.10 Å². The molecule has 9 heteroatoms. The fraction of sp³-hybridized carbons (Fsp3) is 0.292. The Morgan fingerprint density at radius 2 is 2.06 bits per heavy atom. The summed E-state index contributed by atoms with van der Waals surface area (Å²) in [6.07, 6.45) is 2.71. The second-order valence-electron chi connectivity index (χ2n) is 8.38. The molecule has 0 bridgehead atoms. The first-order chi connectivity index (χ1) is 15.8. The number of carbonyl (C=O) groups excluding carboxylic acids is 3. The molecule has 0 spiro atoms. The summed E-state index contributed by atoms with van der Waals surface area (Å²) in [5, 5.41) is 6.97. The fourth-order valence-electron chi connectivity index (χ4n) is 4.17. The number of pyridine rings is 1. The number of nitrogens with zero attached hydrogens (tertiary/aromatic N) is 4. The van der Waals surface area contributed by atoms with E-state index in [-0.39, 0.29) is 31.8 Å². The third kappa shape index (κ3) is 4.52. The number of aromatic amines is 1. The first-order valence-corrected chi connectivity index (χ1v) is 10.5. The van der Waals surface area contributed by atoms with E-state index >= 15 is 0 Å². The lowest BCUT2D eigenvalue weighted by molar-refractivity contribution is -0.143. The van der Waals surface area contributed by atoms with Crippen molar-refractivity contribution < 1.29 is 18.8 Å². The summed E-state index contributed by atoms with van der Waals surface area (Å²) in [7, 11) is 1.61. The number of carbonyl (C=O) groups is 3. The van der Waals surface area contributed by atoms with Crippen LogP contribution in [0, 0.1) is 12.7 Å². The van der Waals surface area contributed by atoms with Crippen LogP contribution in [0.4, 0.5) is 4.39 Å². The summed E-state index contributed by atoms with van der Waals surface area (Å²) in [5.74, 6) is -1.80. The monoisotopic (exact) mass is 449 g/mol. The van der Waals surface area contributed by atoms with Crippen molar-refractivity contribution in [3.05, 3.63) is 83.2 Å². The fourth-order valence-corrected chi connectivity index (χ4v) is 4.17. The Balaban J connectivity index is 1.64. The molecule has 0 saturated carbocycles. The molecule has 0 aliphatic carbocycles. The molecule has 33 heavy (non-hydrogen) atoms. The number of H-pyrrole nitrogens is 1. The predicted octanol–water partition coefficient (Wildman–Crippen LogP) is 2.50. The van der Waals surface area contributed by atoms with E-state index in [1.165, 1.54) is 23.1 Å². The van der Waals surface area contributed by atoms with Crippen LogP contribution in [-0.4, -0.2) is 49.8 Å². The van der Waals surface area contributed by atoms with Gasteiger partial charge < -0.3 is 4.90 Å². The normalized spacial score (nSPS) is 18.1. The molecule has 0 unspecified atom stereocenters. The number of nitrogens with one attached hydrogen (secondary N) is 1. The van der Waals surface area contributed by atoms with Gasteiger partial charge in [-0.05, 0) is 42.3 Å². The standard InChI is InChI=1S/C24H24FN5O3/c1-16-9-20(28-27-16)15-29(2)21(31)11-24(18-6-3-7-19(25)10-18)12-22(32)30(23(24)33)14-17-5-4-8-26-13-17/h3-10,13H,11-12,14-15H2,1-2H3,(H,27,28)/t24-/m0/s1. The van der Waals surface area contributed by atoms with Gasteiger partial charge in [0.1, 0.15) is 5.82 Å². The topological polar surface area (TPSA) is 99.3 Å². The maximum Gasteiger partial charge on any atom is 0.241 e. The molecule has 2 aromatic heterocycles. The van der Waals surface area contributed by atoms with E-state index in [2.05, 4.69) is 15.2 Å². The van der Waals surface area contributed by atoms with Crippen molar-refractivity contribution in [2.45, 2.75) is 38.3 Å². The molecule has 170 valence electrons. The Labute approximate surface area is 190 Å². The maximum absolute atomic E-state index is 14.1. The zero-order chi connectivity index (χ0) is 23.6. The number of aromatic nitrogens is 3. The number of hydrogen-bond donors (Lipinski definition) is 1. The van der Waals surface area contributed by atoms with Gasteiger partial charge in [0.15, 0.2) is 0 Å². The van der Waals surface area contributed by atoms with Crippen LogP contribution in [-0.2, 0) is 32.9 Å². The van der Waals surface area contributed by atoms with E-state index in [1.807, 2.05) is 13.0 Å². The second kappa shape index (κ2) is 8.93. The molecule has 1 fully saturated rings. The molecule has 1 atom stereocenters. The van der Waals surface area contributed by atoms with Crippen molar-refractivity contribution in [1.29, 1.82) is 0 Å². The molecule has 0 radical (unpaired) electrons. The van der Waals surface area contributed by atoms with Gasteiger partial charge in [-0.15, -0.1) is 0 Å². The van der Waals surface area contributed by atoms with Crippen LogP contribution in [0.3, 0.4) is 0 Å². The van der Waals surface area contributed by atoms with E-state index in [1.54, 1.807) is 37.6 Å². The summed E-state index contributed by atoms with van der Waals surface area (Å²) < 4.78 is 14.1. The first kappa shape index (κ1) is 22.3. The molecule has 1 aliphatic heterocycles. The number of likely N-dealkylation sites (tertiary alicyclic amines) is 1. The van der Waals surface area contributed by atoms with E-state index < -0.39 is 23.0 Å². The molecule has 4 rings (SSSR count).